The summed E-state index contributed by atoms with van der Waals surface area (Å²) in [5.74, 6) is -0.755. The van der Waals surface area contributed by atoms with Gasteiger partial charge in [0.25, 0.3) is 15.9 Å². The zero-order valence-corrected chi connectivity index (χ0v) is 20.2. The Labute approximate surface area is 203 Å². The van der Waals surface area contributed by atoms with Gasteiger partial charge in [0.05, 0.1) is 15.6 Å². The van der Waals surface area contributed by atoms with E-state index in [-0.39, 0.29) is 32.3 Å². The van der Waals surface area contributed by atoms with E-state index < -0.39 is 27.8 Å². The number of hydrogen-bond donors (Lipinski definition) is 3. The molecule has 0 atom stereocenters. The van der Waals surface area contributed by atoms with Crippen molar-refractivity contribution in [2.75, 3.05) is 29.3 Å². The van der Waals surface area contributed by atoms with Crippen LogP contribution in [0.3, 0.4) is 0 Å². The largest absolute Gasteiger partial charge is 0.472 e. The number of anilines is 3. The fraction of sp³-hybridized carbons (Fsp3) is 0.143. The maximum absolute atomic E-state index is 14.2. The normalized spacial score (nSPS) is 13.2. The molecule has 0 unspecified atom stereocenters. The minimum atomic E-state index is -4.07. The molecule has 1 aliphatic heterocycles. The van der Waals surface area contributed by atoms with Gasteiger partial charge in [-0.15, -0.1) is 11.3 Å². The quantitative estimate of drug-likeness (QED) is 0.455. The summed E-state index contributed by atoms with van der Waals surface area (Å²) in [4.78, 5) is 26.5. The van der Waals surface area contributed by atoms with Crippen LogP contribution in [-0.4, -0.2) is 34.1 Å². The Hall–Kier alpha value is -3.35. The molecule has 0 fully saturated rings. The van der Waals surface area contributed by atoms with Gasteiger partial charge in [0.1, 0.15) is 15.8 Å². The van der Waals surface area contributed by atoms with Crippen molar-refractivity contribution >= 4 is 62.0 Å². The number of sulfonamides is 1. The lowest BCUT2D eigenvalue weighted by molar-refractivity contribution is 0.0936. The highest BCUT2D eigenvalue weighted by atomic mass is 35.5. The predicted octanol–water partition coefficient (Wildman–Crippen LogP) is 4.40. The summed E-state index contributed by atoms with van der Waals surface area (Å²) >= 11 is 6.58. The molecular formula is C21H18ClFN4O5S2. The third kappa shape index (κ3) is 4.65. The van der Waals surface area contributed by atoms with Gasteiger partial charge in [-0.25, -0.2) is 22.3 Å². The van der Waals surface area contributed by atoms with Crippen LogP contribution < -0.4 is 25.0 Å². The lowest BCUT2D eigenvalue weighted by atomic mass is 10.1. The molecule has 3 amide bonds. The van der Waals surface area contributed by atoms with Crippen molar-refractivity contribution in [2.45, 2.75) is 11.1 Å². The first-order chi connectivity index (χ1) is 16.1. The molecule has 1 aliphatic rings. The van der Waals surface area contributed by atoms with Crippen LogP contribution in [0, 0.1) is 12.7 Å². The number of carbonyl (C=O) groups is 2. The Kier molecular flexibility index (Phi) is 6.39. The second-order valence-corrected chi connectivity index (χ2v) is 10.8. The number of urea groups is 1. The number of thiophene rings is 1. The minimum absolute atomic E-state index is 0.0841. The van der Waals surface area contributed by atoms with Crippen molar-refractivity contribution in [3.8, 4) is 5.75 Å². The van der Waals surface area contributed by atoms with Crippen molar-refractivity contribution in [1.29, 1.82) is 0 Å². The Bertz CT molecular complexity index is 1410. The Morgan fingerprint density at radius 1 is 1.18 bits per heavy atom. The molecule has 34 heavy (non-hydrogen) atoms. The highest BCUT2D eigenvalue weighted by molar-refractivity contribution is 7.92. The molecule has 2 heterocycles. The van der Waals surface area contributed by atoms with Crippen molar-refractivity contribution in [2.24, 2.45) is 0 Å². The van der Waals surface area contributed by atoms with Gasteiger partial charge in [0, 0.05) is 24.5 Å². The first kappa shape index (κ1) is 23.8. The average molecular weight is 525 g/mol. The van der Waals surface area contributed by atoms with E-state index in [0.717, 1.165) is 17.4 Å². The van der Waals surface area contributed by atoms with Crippen LogP contribution in [-0.2, 0) is 10.0 Å². The summed E-state index contributed by atoms with van der Waals surface area (Å²) in [7, 11) is -2.51. The molecule has 0 aliphatic carbocycles. The number of halogens is 2. The van der Waals surface area contributed by atoms with Gasteiger partial charge in [0.2, 0.25) is 0 Å². The third-order valence-corrected chi connectivity index (χ3v) is 8.03. The van der Waals surface area contributed by atoms with Crippen molar-refractivity contribution in [3.05, 3.63) is 63.7 Å². The van der Waals surface area contributed by atoms with Crippen molar-refractivity contribution in [3.63, 3.8) is 0 Å². The first-order valence-electron chi connectivity index (χ1n) is 9.75. The first-order valence-corrected chi connectivity index (χ1v) is 12.4. The van der Waals surface area contributed by atoms with Gasteiger partial charge in [-0.05, 0) is 48.9 Å². The van der Waals surface area contributed by atoms with E-state index >= 15 is 0 Å². The maximum Gasteiger partial charge on any atom is 0.333 e. The van der Waals surface area contributed by atoms with Crippen LogP contribution in [0.4, 0.5) is 26.2 Å². The molecule has 4 rings (SSSR count). The van der Waals surface area contributed by atoms with E-state index in [1.807, 2.05) is 4.72 Å². The summed E-state index contributed by atoms with van der Waals surface area (Å²) < 4.78 is 46.5. The number of fused-ring (bicyclic) bond motifs is 1. The van der Waals surface area contributed by atoms with E-state index in [9.17, 15) is 22.4 Å². The number of benzene rings is 2. The third-order valence-electron chi connectivity index (χ3n) is 4.97. The molecular weight excluding hydrogens is 507 g/mol. The Balaban J connectivity index is 1.50. The Morgan fingerprint density at radius 3 is 2.59 bits per heavy atom. The molecule has 0 spiro atoms. The molecule has 3 N–H and O–H groups in total. The smallest absolute Gasteiger partial charge is 0.333 e. The number of carbonyl (C=O) groups excluding carboxylic acids is 2. The van der Waals surface area contributed by atoms with Crippen LogP contribution in [0.25, 0.3) is 0 Å². The van der Waals surface area contributed by atoms with Gasteiger partial charge in [0.15, 0.2) is 6.73 Å². The van der Waals surface area contributed by atoms with Gasteiger partial charge in [-0.2, -0.15) is 0 Å². The average Bonchev–Trinajstić information content (AvgIpc) is 3.22. The summed E-state index contributed by atoms with van der Waals surface area (Å²) in [6, 6.07) is 8.99. The topological polar surface area (TPSA) is 117 Å². The number of hydrogen-bond acceptors (Lipinski definition) is 7. The molecule has 0 bridgehead atoms. The summed E-state index contributed by atoms with van der Waals surface area (Å²) in [6.07, 6.45) is 0. The monoisotopic (exact) mass is 524 g/mol. The minimum Gasteiger partial charge on any atom is -0.472 e. The fourth-order valence-corrected chi connectivity index (χ4v) is 5.67. The number of aryl methyl sites for hydroxylation is 1. The summed E-state index contributed by atoms with van der Waals surface area (Å²) in [5, 5.41) is 5.17. The molecule has 0 radical (unpaired) electrons. The second kappa shape index (κ2) is 9.12. The number of rotatable bonds is 5. The zero-order valence-electron chi connectivity index (χ0n) is 17.8. The number of amides is 3. The van der Waals surface area contributed by atoms with Crippen molar-refractivity contribution in [1.82, 2.24) is 4.72 Å². The van der Waals surface area contributed by atoms with E-state index in [1.54, 1.807) is 26.1 Å². The number of ether oxygens (including phenoxy) is 1. The van der Waals surface area contributed by atoms with Crippen LogP contribution >= 0.6 is 22.9 Å². The molecule has 3 aromatic rings. The van der Waals surface area contributed by atoms with Crippen LogP contribution in [0.15, 0.2) is 46.7 Å². The van der Waals surface area contributed by atoms with E-state index in [2.05, 4.69) is 10.6 Å². The highest BCUT2D eigenvalue weighted by Gasteiger charge is 2.29. The SMILES string of the molecule is CNc1cc2c(cc1F)C(=O)N(c1ccc(NC(=O)NS(=O)(=O)c3ccc(Cl)s3)c(C)c1)CO2. The van der Waals surface area contributed by atoms with Gasteiger partial charge in [-0.1, -0.05) is 11.6 Å². The maximum atomic E-state index is 14.2. The van der Waals surface area contributed by atoms with E-state index in [1.165, 1.54) is 29.2 Å². The zero-order chi connectivity index (χ0) is 24.6. The van der Waals surface area contributed by atoms with Crippen molar-refractivity contribution < 1.29 is 27.1 Å². The summed E-state index contributed by atoms with van der Waals surface area (Å²) in [5.41, 5.74) is 1.64. The molecule has 1 aromatic heterocycles. The molecule has 9 nitrogen and oxygen atoms in total. The van der Waals surface area contributed by atoms with Gasteiger partial charge >= 0.3 is 6.03 Å². The number of nitrogens with one attached hydrogen (secondary N) is 3. The van der Waals surface area contributed by atoms with Crippen LogP contribution in [0.5, 0.6) is 5.75 Å². The lowest BCUT2D eigenvalue weighted by Crippen LogP contribution is -2.39. The molecule has 178 valence electrons. The van der Waals surface area contributed by atoms with E-state index in [4.69, 9.17) is 16.3 Å². The van der Waals surface area contributed by atoms with E-state index in [0.29, 0.717) is 16.9 Å². The van der Waals surface area contributed by atoms with Crippen LogP contribution in [0.1, 0.15) is 15.9 Å². The number of nitrogens with zero attached hydrogens (tertiary/aromatic N) is 1. The Morgan fingerprint density at radius 2 is 1.94 bits per heavy atom. The standard InChI is InChI=1S/C21H18ClFN4O5S2/c1-11-7-12(27-10-32-17-9-16(24-2)14(23)8-13(17)20(27)28)3-4-15(11)25-21(29)26-34(30,31)19-6-5-18(22)33-19/h3-9,24H,10H2,1-2H3,(H2,25,26,29). The fourth-order valence-electron chi connectivity index (χ4n) is 3.28. The highest BCUT2D eigenvalue weighted by Crippen LogP contribution is 2.33. The molecule has 0 saturated carbocycles. The van der Waals surface area contributed by atoms with Crippen LogP contribution in [0.2, 0.25) is 4.34 Å². The summed E-state index contributed by atoms with van der Waals surface area (Å²) in [6.45, 7) is 1.59. The predicted molar refractivity (Wildman–Crippen MR) is 128 cm³/mol. The van der Waals surface area contributed by atoms with Gasteiger partial charge in [-0.3, -0.25) is 9.69 Å². The molecule has 2 aromatic carbocycles. The van der Waals surface area contributed by atoms with Gasteiger partial charge < -0.3 is 15.4 Å². The molecule has 13 heteroatoms. The lowest BCUT2D eigenvalue weighted by Gasteiger charge is -2.29. The second-order valence-electron chi connectivity index (χ2n) is 7.20. The molecule has 0 saturated heterocycles.